The minimum absolute atomic E-state index is 0.105. The highest BCUT2D eigenvalue weighted by Gasteiger charge is 2.40. The summed E-state index contributed by atoms with van der Waals surface area (Å²) in [5, 5.41) is 0.359. The smallest absolute Gasteiger partial charge is 0.377 e. The van der Waals surface area contributed by atoms with Crippen LogP contribution in [0, 0.1) is 11.6 Å². The van der Waals surface area contributed by atoms with Crippen LogP contribution in [-0.4, -0.2) is 22.8 Å². The van der Waals surface area contributed by atoms with E-state index in [1.165, 1.54) is 12.1 Å². The van der Waals surface area contributed by atoms with Crippen molar-refractivity contribution in [2.75, 3.05) is 0 Å². The van der Waals surface area contributed by atoms with Crippen LogP contribution in [0.4, 0.5) is 8.78 Å². The fourth-order valence-corrected chi connectivity index (χ4v) is 2.95. The molecule has 0 aromatic heterocycles. The lowest BCUT2D eigenvalue weighted by atomic mass is 10.1. The number of benzene rings is 3. The molecule has 4 rings (SSSR count). The van der Waals surface area contributed by atoms with Gasteiger partial charge in [-0.05, 0) is 24.3 Å². The molecule has 3 aromatic rings. The molecule has 2 amide bonds. The largest absolute Gasteiger partial charge is 0.474 e. The summed E-state index contributed by atoms with van der Waals surface area (Å²) in [7, 11) is 0. The van der Waals surface area contributed by atoms with E-state index in [2.05, 4.69) is 0 Å². The van der Waals surface area contributed by atoms with Crippen molar-refractivity contribution in [2.24, 2.45) is 0 Å². The van der Waals surface area contributed by atoms with Crippen LogP contribution in [0.15, 0.2) is 72.8 Å². The van der Waals surface area contributed by atoms with Gasteiger partial charge in [-0.15, -0.1) is 0 Å². The van der Waals surface area contributed by atoms with Crippen molar-refractivity contribution in [3.05, 3.63) is 101 Å². The number of hydroxylamine groups is 2. The van der Waals surface area contributed by atoms with Crippen molar-refractivity contribution >= 4 is 17.8 Å². The van der Waals surface area contributed by atoms with Gasteiger partial charge in [0.05, 0.1) is 11.1 Å². The van der Waals surface area contributed by atoms with Gasteiger partial charge in [-0.2, -0.15) is 0 Å². The lowest BCUT2D eigenvalue weighted by molar-refractivity contribution is -0.177. The Hall–Kier alpha value is -4.07. The van der Waals surface area contributed by atoms with Gasteiger partial charge >= 0.3 is 5.97 Å². The van der Waals surface area contributed by atoms with Crippen molar-refractivity contribution in [1.82, 2.24) is 5.06 Å². The van der Waals surface area contributed by atoms with Crippen LogP contribution in [-0.2, 0) is 9.63 Å². The predicted molar refractivity (Wildman–Crippen MR) is 99.2 cm³/mol. The van der Waals surface area contributed by atoms with Gasteiger partial charge in [-0.25, -0.2) is 13.6 Å². The lowest BCUT2D eigenvalue weighted by Gasteiger charge is -2.20. The third kappa shape index (κ3) is 3.50. The number of halogens is 2. The molecule has 6 nitrogen and oxygen atoms in total. The second-order valence-corrected chi connectivity index (χ2v) is 6.35. The van der Waals surface area contributed by atoms with E-state index in [0.29, 0.717) is 10.6 Å². The van der Waals surface area contributed by atoms with E-state index in [1.54, 1.807) is 42.5 Å². The summed E-state index contributed by atoms with van der Waals surface area (Å²) < 4.78 is 32.3. The van der Waals surface area contributed by atoms with E-state index in [-0.39, 0.29) is 16.9 Å². The van der Waals surface area contributed by atoms with Gasteiger partial charge in [0.1, 0.15) is 5.75 Å². The van der Waals surface area contributed by atoms with E-state index in [0.717, 1.165) is 18.2 Å². The number of imide groups is 1. The van der Waals surface area contributed by atoms with Crippen LogP contribution < -0.4 is 4.74 Å². The standard InChI is InChI=1S/C22H13F2NO5/c23-17-11-10-14(12-18(17)24)29-19(13-6-2-1-3-7-13)22(28)30-25-20(26)15-8-4-5-9-16(15)21(25)27/h1-12,19H. The van der Waals surface area contributed by atoms with Gasteiger partial charge in [0.25, 0.3) is 11.8 Å². The highest BCUT2D eigenvalue weighted by molar-refractivity contribution is 6.20. The van der Waals surface area contributed by atoms with Crippen molar-refractivity contribution < 1.29 is 32.7 Å². The SMILES string of the molecule is O=C(ON1C(=O)c2ccccc2C1=O)C(Oc1ccc(F)c(F)c1)c1ccccc1. The van der Waals surface area contributed by atoms with E-state index < -0.39 is 35.5 Å². The molecule has 1 heterocycles. The molecule has 0 spiro atoms. The molecule has 1 aliphatic heterocycles. The maximum absolute atomic E-state index is 13.5. The fraction of sp³-hybridized carbons (Fsp3) is 0.0455. The molecule has 1 aliphatic rings. The van der Waals surface area contributed by atoms with Gasteiger partial charge in [0.2, 0.25) is 6.10 Å². The van der Waals surface area contributed by atoms with Gasteiger partial charge in [-0.3, -0.25) is 9.59 Å². The number of amides is 2. The number of fused-ring (bicyclic) bond motifs is 1. The Balaban J connectivity index is 1.61. The molecule has 0 saturated heterocycles. The highest BCUT2D eigenvalue weighted by Crippen LogP contribution is 2.28. The first kappa shape index (κ1) is 19.3. The van der Waals surface area contributed by atoms with E-state index in [1.807, 2.05) is 0 Å². The summed E-state index contributed by atoms with van der Waals surface area (Å²) in [4.78, 5) is 42.8. The number of hydrogen-bond donors (Lipinski definition) is 0. The summed E-state index contributed by atoms with van der Waals surface area (Å²) in [5.41, 5.74) is 0.532. The Morgan fingerprint density at radius 3 is 2.00 bits per heavy atom. The van der Waals surface area contributed by atoms with Crippen molar-refractivity contribution in [2.45, 2.75) is 6.10 Å². The van der Waals surface area contributed by atoms with Gasteiger partial charge in [0.15, 0.2) is 11.6 Å². The fourth-order valence-electron chi connectivity index (χ4n) is 2.95. The van der Waals surface area contributed by atoms with Crippen molar-refractivity contribution in [3.63, 3.8) is 0 Å². The molecular formula is C22H13F2NO5. The molecule has 0 fully saturated rings. The van der Waals surface area contributed by atoms with Crippen LogP contribution in [0.5, 0.6) is 5.75 Å². The van der Waals surface area contributed by atoms with E-state index >= 15 is 0 Å². The summed E-state index contributed by atoms with van der Waals surface area (Å²) in [6.07, 6.45) is -1.44. The number of ether oxygens (including phenoxy) is 1. The molecule has 0 aliphatic carbocycles. The molecule has 3 aromatic carbocycles. The van der Waals surface area contributed by atoms with Crippen LogP contribution in [0.1, 0.15) is 32.4 Å². The number of carbonyl (C=O) groups excluding carboxylic acids is 3. The Bertz CT molecular complexity index is 1110. The zero-order valence-electron chi connectivity index (χ0n) is 15.2. The molecule has 0 bridgehead atoms. The Labute approximate surface area is 169 Å². The maximum Gasteiger partial charge on any atom is 0.377 e. The number of hydrogen-bond acceptors (Lipinski definition) is 5. The molecule has 0 radical (unpaired) electrons. The molecule has 0 N–H and O–H groups in total. The predicted octanol–water partition coefficient (Wildman–Crippen LogP) is 3.84. The average molecular weight is 409 g/mol. The summed E-state index contributed by atoms with van der Waals surface area (Å²) in [6, 6.07) is 16.9. The van der Waals surface area contributed by atoms with Crippen LogP contribution in [0.2, 0.25) is 0 Å². The Kier molecular flexibility index (Phi) is 4.97. The molecule has 1 unspecified atom stereocenters. The number of nitrogens with zero attached hydrogens (tertiary/aromatic N) is 1. The lowest BCUT2D eigenvalue weighted by Crippen LogP contribution is -2.35. The first-order chi connectivity index (χ1) is 14.5. The first-order valence-corrected chi connectivity index (χ1v) is 8.82. The van der Waals surface area contributed by atoms with Gasteiger partial charge in [-0.1, -0.05) is 47.5 Å². The third-order valence-corrected chi connectivity index (χ3v) is 4.40. The maximum atomic E-state index is 13.5. The van der Waals surface area contributed by atoms with Crippen LogP contribution >= 0.6 is 0 Å². The normalized spacial score (nSPS) is 13.7. The van der Waals surface area contributed by atoms with E-state index in [4.69, 9.17) is 9.57 Å². The van der Waals surface area contributed by atoms with Gasteiger partial charge < -0.3 is 9.57 Å². The summed E-state index contributed by atoms with van der Waals surface area (Å²) >= 11 is 0. The van der Waals surface area contributed by atoms with Gasteiger partial charge in [0, 0.05) is 11.6 Å². The third-order valence-electron chi connectivity index (χ3n) is 4.40. The topological polar surface area (TPSA) is 72.9 Å². The molecule has 150 valence electrons. The molecule has 30 heavy (non-hydrogen) atoms. The quantitative estimate of drug-likeness (QED) is 0.599. The number of rotatable bonds is 5. The van der Waals surface area contributed by atoms with Crippen molar-refractivity contribution in [1.29, 1.82) is 0 Å². The molecule has 8 heteroatoms. The average Bonchev–Trinajstić information content (AvgIpc) is 3.00. The zero-order valence-corrected chi connectivity index (χ0v) is 15.2. The second-order valence-electron chi connectivity index (χ2n) is 6.35. The minimum atomic E-state index is -1.44. The number of carbonyl (C=O) groups is 3. The van der Waals surface area contributed by atoms with Crippen molar-refractivity contribution in [3.8, 4) is 5.75 Å². The highest BCUT2D eigenvalue weighted by atomic mass is 19.2. The molecule has 1 atom stereocenters. The Morgan fingerprint density at radius 1 is 0.800 bits per heavy atom. The molecule has 0 saturated carbocycles. The summed E-state index contributed by atoms with van der Waals surface area (Å²) in [6.45, 7) is 0. The molecular weight excluding hydrogens is 396 g/mol. The first-order valence-electron chi connectivity index (χ1n) is 8.82. The van der Waals surface area contributed by atoms with E-state index in [9.17, 15) is 23.2 Å². The minimum Gasteiger partial charge on any atom is -0.474 e. The summed E-state index contributed by atoms with van der Waals surface area (Å²) in [5.74, 6) is -5.03. The van der Waals surface area contributed by atoms with Crippen LogP contribution in [0.25, 0.3) is 0 Å². The Morgan fingerprint density at radius 2 is 1.40 bits per heavy atom. The van der Waals surface area contributed by atoms with Crippen LogP contribution in [0.3, 0.4) is 0 Å². The monoisotopic (exact) mass is 409 g/mol. The zero-order chi connectivity index (χ0) is 21.3. The second kappa shape index (κ2) is 7.75.